The van der Waals surface area contributed by atoms with Crippen molar-refractivity contribution in [2.24, 2.45) is 0 Å². The van der Waals surface area contributed by atoms with Crippen LogP contribution in [0.4, 0.5) is 10.5 Å². The number of carbonyl (C=O) groups is 1. The van der Waals surface area contributed by atoms with E-state index < -0.39 is 10.2 Å². The fraction of sp³-hybridized carbons (Fsp3) is 0.667. The second-order valence-electron chi connectivity index (χ2n) is 7.93. The molecule has 0 bridgehead atoms. The predicted molar refractivity (Wildman–Crippen MR) is 120 cm³/mol. The number of urea groups is 1. The van der Waals surface area contributed by atoms with Crippen molar-refractivity contribution in [1.29, 1.82) is 0 Å². The summed E-state index contributed by atoms with van der Waals surface area (Å²) in [6, 6.07) is 5.03. The minimum absolute atomic E-state index is 0.0784. The zero-order valence-electron chi connectivity index (χ0n) is 18.7. The van der Waals surface area contributed by atoms with E-state index in [0.29, 0.717) is 50.0 Å². The molecule has 3 rings (SSSR count). The van der Waals surface area contributed by atoms with E-state index in [4.69, 9.17) is 9.47 Å². The van der Waals surface area contributed by atoms with Crippen LogP contribution in [0.3, 0.4) is 0 Å². The van der Waals surface area contributed by atoms with E-state index >= 15 is 0 Å². The van der Waals surface area contributed by atoms with Crippen LogP contribution in [-0.4, -0.2) is 80.9 Å². The number of carbonyl (C=O) groups excluding carboxylic acids is 1. The molecule has 1 aliphatic carbocycles. The molecule has 2 aliphatic rings. The number of hydrogen-bond donors (Lipinski definition) is 1. The topological polar surface area (TPSA) is 91.4 Å². The molecule has 1 aromatic carbocycles. The summed E-state index contributed by atoms with van der Waals surface area (Å²) in [5.74, 6) is 1.16. The Morgan fingerprint density at radius 2 is 1.81 bits per heavy atom. The molecule has 1 aliphatic heterocycles. The Balaban J connectivity index is 1.56. The first-order valence-electron chi connectivity index (χ1n) is 11.0. The van der Waals surface area contributed by atoms with Crippen LogP contribution >= 0.6 is 0 Å². The summed E-state index contributed by atoms with van der Waals surface area (Å²) in [7, 11) is -0.262. The van der Waals surface area contributed by atoms with Crippen LogP contribution in [0.1, 0.15) is 39.0 Å². The molecule has 1 aromatic rings. The Hall–Kier alpha value is -2.04. The highest BCUT2D eigenvalue weighted by atomic mass is 32.2. The normalized spacial score (nSPS) is 18.8. The molecule has 0 unspecified atom stereocenters. The second kappa shape index (κ2) is 10.5. The minimum atomic E-state index is -3.51. The molecule has 1 saturated heterocycles. The summed E-state index contributed by atoms with van der Waals surface area (Å²) in [6.45, 7) is 3.64. The number of hydrogen-bond acceptors (Lipinski definition) is 5. The number of rotatable bonds is 7. The Labute approximate surface area is 185 Å². The number of amides is 2. The zero-order valence-corrected chi connectivity index (χ0v) is 19.5. The summed E-state index contributed by atoms with van der Waals surface area (Å²) in [4.78, 5) is 14.3. The van der Waals surface area contributed by atoms with E-state index in [2.05, 4.69) is 5.32 Å². The Morgan fingerprint density at radius 3 is 2.42 bits per heavy atom. The van der Waals surface area contributed by atoms with Gasteiger partial charge in [-0.1, -0.05) is 19.3 Å². The Bertz CT molecular complexity index is 849. The third-order valence-electron chi connectivity index (χ3n) is 6.02. The molecule has 0 spiro atoms. The molecule has 2 amide bonds. The van der Waals surface area contributed by atoms with Crippen molar-refractivity contribution in [2.45, 2.75) is 45.1 Å². The number of nitrogens with zero attached hydrogens (tertiary/aromatic N) is 3. The molecule has 174 valence electrons. The first kappa shape index (κ1) is 23.6. The van der Waals surface area contributed by atoms with Crippen LogP contribution in [0.15, 0.2) is 18.2 Å². The SMILES string of the molecule is CCOc1cc(NC(=O)N2CCN(S(=O)(=O)N(C)C3CCCCC3)CC2)ccc1OC. The Morgan fingerprint density at radius 1 is 1.13 bits per heavy atom. The van der Waals surface area contributed by atoms with E-state index in [1.54, 1.807) is 37.3 Å². The molecule has 9 nitrogen and oxygen atoms in total. The lowest BCUT2D eigenvalue weighted by molar-refractivity contribution is 0.178. The lowest BCUT2D eigenvalue weighted by Crippen LogP contribution is -2.55. The average molecular weight is 455 g/mol. The van der Waals surface area contributed by atoms with Crippen molar-refractivity contribution in [3.63, 3.8) is 0 Å². The molecule has 1 heterocycles. The van der Waals surface area contributed by atoms with Gasteiger partial charge in [0.1, 0.15) is 0 Å². The van der Waals surface area contributed by atoms with E-state index in [1.165, 1.54) is 15.0 Å². The standard InChI is InChI=1S/C21H34N4O5S/c1-4-30-20-16-17(10-11-19(20)29-3)22-21(26)24-12-14-25(15-13-24)31(27,28)23(2)18-8-6-5-7-9-18/h10-11,16,18H,4-9,12-15H2,1-3H3,(H,22,26). The molecule has 31 heavy (non-hydrogen) atoms. The number of benzene rings is 1. The van der Waals surface area contributed by atoms with Gasteiger partial charge in [0, 0.05) is 51.0 Å². The average Bonchev–Trinajstić information content (AvgIpc) is 2.79. The van der Waals surface area contributed by atoms with Crippen molar-refractivity contribution in [2.75, 3.05) is 52.3 Å². The van der Waals surface area contributed by atoms with Crippen molar-refractivity contribution in [1.82, 2.24) is 13.5 Å². The first-order valence-corrected chi connectivity index (χ1v) is 12.4. The molecule has 2 fully saturated rings. The van der Waals surface area contributed by atoms with Gasteiger partial charge in [0.05, 0.1) is 13.7 Å². The van der Waals surface area contributed by atoms with Gasteiger partial charge >= 0.3 is 6.03 Å². The van der Waals surface area contributed by atoms with Crippen LogP contribution in [0.25, 0.3) is 0 Å². The van der Waals surface area contributed by atoms with Gasteiger partial charge in [0.2, 0.25) is 0 Å². The number of piperazine rings is 1. The first-order chi connectivity index (χ1) is 14.9. The predicted octanol–water partition coefficient (Wildman–Crippen LogP) is 2.75. The molecule has 1 N–H and O–H groups in total. The van der Waals surface area contributed by atoms with Gasteiger partial charge in [-0.2, -0.15) is 17.0 Å². The van der Waals surface area contributed by atoms with Crippen molar-refractivity contribution < 1.29 is 22.7 Å². The molecule has 0 atom stereocenters. The molecular weight excluding hydrogens is 420 g/mol. The number of nitrogens with one attached hydrogen (secondary N) is 1. The highest BCUT2D eigenvalue weighted by Gasteiger charge is 2.35. The summed E-state index contributed by atoms with van der Waals surface area (Å²) in [6.07, 6.45) is 5.18. The summed E-state index contributed by atoms with van der Waals surface area (Å²) in [5.41, 5.74) is 0.598. The quantitative estimate of drug-likeness (QED) is 0.684. The van der Waals surface area contributed by atoms with Gasteiger partial charge in [-0.3, -0.25) is 0 Å². The third kappa shape index (κ3) is 5.61. The summed E-state index contributed by atoms with van der Waals surface area (Å²) in [5, 5.41) is 2.86. The van der Waals surface area contributed by atoms with E-state index in [9.17, 15) is 13.2 Å². The van der Waals surface area contributed by atoms with Gasteiger partial charge in [-0.15, -0.1) is 0 Å². The number of ether oxygens (including phenoxy) is 2. The van der Waals surface area contributed by atoms with Gasteiger partial charge in [0.15, 0.2) is 11.5 Å². The minimum Gasteiger partial charge on any atom is -0.493 e. The van der Waals surface area contributed by atoms with Crippen LogP contribution in [0.2, 0.25) is 0 Å². The van der Waals surface area contributed by atoms with Crippen LogP contribution in [-0.2, 0) is 10.2 Å². The molecule has 1 saturated carbocycles. The summed E-state index contributed by atoms with van der Waals surface area (Å²) >= 11 is 0. The highest BCUT2D eigenvalue weighted by Crippen LogP contribution is 2.30. The number of methoxy groups -OCH3 is 1. The maximum Gasteiger partial charge on any atom is 0.321 e. The molecule has 0 aromatic heterocycles. The van der Waals surface area contributed by atoms with Gasteiger partial charge in [0.25, 0.3) is 10.2 Å². The van der Waals surface area contributed by atoms with Crippen LogP contribution < -0.4 is 14.8 Å². The Kier molecular flexibility index (Phi) is 8.01. The lowest BCUT2D eigenvalue weighted by atomic mass is 9.96. The van der Waals surface area contributed by atoms with Crippen LogP contribution in [0, 0.1) is 0 Å². The van der Waals surface area contributed by atoms with E-state index in [-0.39, 0.29) is 12.1 Å². The van der Waals surface area contributed by atoms with Crippen LogP contribution in [0.5, 0.6) is 11.5 Å². The third-order valence-corrected chi connectivity index (χ3v) is 8.06. The monoisotopic (exact) mass is 454 g/mol. The largest absolute Gasteiger partial charge is 0.493 e. The van der Waals surface area contributed by atoms with E-state index in [0.717, 1.165) is 25.7 Å². The summed E-state index contributed by atoms with van der Waals surface area (Å²) < 4.78 is 39.9. The van der Waals surface area contributed by atoms with Gasteiger partial charge < -0.3 is 19.7 Å². The van der Waals surface area contributed by atoms with Gasteiger partial charge in [-0.25, -0.2) is 4.79 Å². The molecular formula is C21H34N4O5S. The van der Waals surface area contributed by atoms with E-state index in [1.807, 2.05) is 6.92 Å². The smallest absolute Gasteiger partial charge is 0.321 e. The van der Waals surface area contributed by atoms with Crippen molar-refractivity contribution >= 4 is 21.9 Å². The highest BCUT2D eigenvalue weighted by molar-refractivity contribution is 7.86. The fourth-order valence-corrected chi connectivity index (χ4v) is 5.74. The fourth-order valence-electron chi connectivity index (χ4n) is 4.16. The zero-order chi connectivity index (χ0) is 22.4. The maximum atomic E-state index is 13.0. The lowest BCUT2D eigenvalue weighted by Gasteiger charge is -2.38. The van der Waals surface area contributed by atoms with Crippen molar-refractivity contribution in [3.05, 3.63) is 18.2 Å². The molecule has 0 radical (unpaired) electrons. The molecule has 10 heteroatoms. The number of anilines is 1. The van der Waals surface area contributed by atoms with Crippen molar-refractivity contribution in [3.8, 4) is 11.5 Å². The maximum absolute atomic E-state index is 13.0. The second-order valence-corrected chi connectivity index (χ2v) is 9.92. The van der Waals surface area contributed by atoms with Gasteiger partial charge in [-0.05, 0) is 31.9 Å².